The first-order valence-electron chi connectivity index (χ1n) is 7.84. The average Bonchev–Trinajstić information content (AvgIpc) is 3.10. The van der Waals surface area contributed by atoms with E-state index in [0.29, 0.717) is 13.2 Å². The fraction of sp³-hybridized carbons (Fsp3) is 0.786. The van der Waals surface area contributed by atoms with Gasteiger partial charge in [-0.15, -0.1) is 0 Å². The van der Waals surface area contributed by atoms with Crippen LogP contribution in [-0.2, 0) is 14.3 Å². The van der Waals surface area contributed by atoms with Crippen LogP contribution in [0.5, 0.6) is 0 Å². The molecule has 8 nitrogen and oxygen atoms in total. The smallest absolute Gasteiger partial charge is 0.325 e. The van der Waals surface area contributed by atoms with E-state index in [9.17, 15) is 14.4 Å². The monoisotopic (exact) mass is 310 g/mol. The fourth-order valence-electron chi connectivity index (χ4n) is 3.30. The Kier molecular flexibility index (Phi) is 4.58. The molecule has 3 rings (SSSR count). The van der Waals surface area contributed by atoms with Crippen molar-refractivity contribution in [2.45, 2.75) is 31.3 Å². The summed E-state index contributed by atoms with van der Waals surface area (Å²) in [6.45, 7) is 2.91. The molecule has 0 aliphatic carbocycles. The maximum Gasteiger partial charge on any atom is 0.325 e. The highest BCUT2D eigenvalue weighted by atomic mass is 16.5. The molecule has 4 amide bonds. The Bertz CT molecular complexity index is 448. The van der Waals surface area contributed by atoms with Crippen molar-refractivity contribution in [3.63, 3.8) is 0 Å². The van der Waals surface area contributed by atoms with Gasteiger partial charge in [-0.25, -0.2) is 4.79 Å². The van der Waals surface area contributed by atoms with Gasteiger partial charge in [0.05, 0.1) is 31.8 Å². The van der Waals surface area contributed by atoms with Crippen LogP contribution >= 0.6 is 0 Å². The predicted octanol–water partition coefficient (Wildman–Crippen LogP) is -1.09. The largest absolute Gasteiger partial charge is 0.378 e. The lowest BCUT2D eigenvalue weighted by Crippen LogP contribution is -2.54. The third-order valence-electron chi connectivity index (χ3n) is 4.50. The molecule has 8 heteroatoms. The molecule has 0 spiro atoms. The van der Waals surface area contributed by atoms with E-state index >= 15 is 0 Å². The van der Waals surface area contributed by atoms with Crippen LogP contribution in [0.4, 0.5) is 4.79 Å². The molecule has 2 N–H and O–H groups in total. The Morgan fingerprint density at radius 3 is 2.68 bits per heavy atom. The zero-order valence-corrected chi connectivity index (χ0v) is 12.5. The summed E-state index contributed by atoms with van der Waals surface area (Å²) in [6, 6.07) is -0.394. The number of rotatable bonds is 4. The summed E-state index contributed by atoms with van der Waals surface area (Å²) in [5.74, 6) is -0.682. The molecule has 0 aromatic heterocycles. The number of nitrogens with zero attached hydrogens (tertiary/aromatic N) is 2. The van der Waals surface area contributed by atoms with Crippen molar-refractivity contribution in [2.24, 2.45) is 0 Å². The Labute approximate surface area is 129 Å². The van der Waals surface area contributed by atoms with E-state index in [-0.39, 0.29) is 37.0 Å². The zero-order chi connectivity index (χ0) is 15.5. The fourth-order valence-corrected chi connectivity index (χ4v) is 3.30. The predicted molar refractivity (Wildman–Crippen MR) is 77.1 cm³/mol. The van der Waals surface area contributed by atoms with Gasteiger partial charge in [0.15, 0.2) is 0 Å². The van der Waals surface area contributed by atoms with Crippen molar-refractivity contribution in [1.29, 1.82) is 0 Å². The van der Waals surface area contributed by atoms with E-state index in [4.69, 9.17) is 4.74 Å². The molecule has 0 bridgehead atoms. The van der Waals surface area contributed by atoms with Gasteiger partial charge in [-0.3, -0.25) is 19.4 Å². The number of imide groups is 1. The Hall–Kier alpha value is -1.67. The minimum Gasteiger partial charge on any atom is -0.378 e. The second kappa shape index (κ2) is 6.62. The van der Waals surface area contributed by atoms with Gasteiger partial charge < -0.3 is 15.4 Å². The highest BCUT2D eigenvalue weighted by molar-refractivity contribution is 6.04. The summed E-state index contributed by atoms with van der Waals surface area (Å²) >= 11 is 0. The van der Waals surface area contributed by atoms with Crippen LogP contribution in [-0.4, -0.2) is 79.1 Å². The van der Waals surface area contributed by atoms with Gasteiger partial charge in [0.25, 0.3) is 5.91 Å². The van der Waals surface area contributed by atoms with Crippen molar-refractivity contribution in [2.75, 3.05) is 39.4 Å². The van der Waals surface area contributed by atoms with Crippen LogP contribution < -0.4 is 10.6 Å². The quantitative estimate of drug-likeness (QED) is 0.644. The molecule has 0 saturated carbocycles. The first-order valence-corrected chi connectivity index (χ1v) is 7.84. The number of piperidine rings is 1. The molecule has 2 atom stereocenters. The van der Waals surface area contributed by atoms with Crippen molar-refractivity contribution in [3.8, 4) is 0 Å². The van der Waals surface area contributed by atoms with E-state index in [1.165, 1.54) is 19.3 Å². The minimum atomic E-state index is -0.504. The number of hydrogen-bond acceptors (Lipinski definition) is 5. The Balaban J connectivity index is 1.53. The second-order valence-corrected chi connectivity index (χ2v) is 6.01. The standard InChI is InChI=1S/C14H22N4O4/c19-12(7-18-13(20)6-15-14(18)21)16-10-8-22-9-11(10)17-4-2-1-3-5-17/h10-11H,1-9H2,(H,15,21)(H,16,19)/t10-,11-/m0/s1. The molecule has 0 aromatic carbocycles. The van der Waals surface area contributed by atoms with Crippen molar-refractivity contribution in [1.82, 2.24) is 20.4 Å². The van der Waals surface area contributed by atoms with E-state index in [1.54, 1.807) is 0 Å². The van der Waals surface area contributed by atoms with E-state index in [0.717, 1.165) is 18.0 Å². The Morgan fingerprint density at radius 1 is 1.23 bits per heavy atom. The number of carbonyl (C=O) groups excluding carboxylic acids is 3. The van der Waals surface area contributed by atoms with Crippen LogP contribution in [0.3, 0.4) is 0 Å². The summed E-state index contributed by atoms with van der Waals surface area (Å²) in [5, 5.41) is 5.32. The number of hydrogen-bond donors (Lipinski definition) is 2. The SMILES string of the molecule is O=C(CN1C(=O)CNC1=O)N[C@H]1COC[C@@H]1N1CCCCC1. The third-order valence-corrected chi connectivity index (χ3v) is 4.50. The number of ether oxygens (including phenoxy) is 1. The molecule has 0 radical (unpaired) electrons. The minimum absolute atomic E-state index is 0.0327. The average molecular weight is 310 g/mol. The number of likely N-dealkylation sites (tertiary alicyclic amines) is 1. The van der Waals surface area contributed by atoms with E-state index < -0.39 is 6.03 Å². The normalized spacial score (nSPS) is 29.7. The molecule has 122 valence electrons. The van der Waals surface area contributed by atoms with E-state index in [2.05, 4.69) is 15.5 Å². The number of urea groups is 1. The van der Waals surface area contributed by atoms with Gasteiger partial charge in [0.2, 0.25) is 5.91 Å². The summed E-state index contributed by atoms with van der Waals surface area (Å²) in [4.78, 5) is 38.4. The first kappa shape index (κ1) is 15.2. The Morgan fingerprint density at radius 2 is 2.00 bits per heavy atom. The second-order valence-electron chi connectivity index (χ2n) is 6.01. The molecule has 3 saturated heterocycles. The topological polar surface area (TPSA) is 91.0 Å². The van der Waals surface area contributed by atoms with Crippen LogP contribution in [0.2, 0.25) is 0 Å². The van der Waals surface area contributed by atoms with Gasteiger partial charge >= 0.3 is 6.03 Å². The highest BCUT2D eigenvalue weighted by Crippen LogP contribution is 2.19. The number of nitrogens with one attached hydrogen (secondary N) is 2. The molecule has 0 unspecified atom stereocenters. The lowest BCUT2D eigenvalue weighted by Gasteiger charge is -2.34. The zero-order valence-electron chi connectivity index (χ0n) is 12.5. The summed E-state index contributed by atoms with van der Waals surface area (Å²) in [6.07, 6.45) is 3.62. The number of amides is 4. The van der Waals surface area contributed by atoms with Crippen molar-refractivity contribution in [3.05, 3.63) is 0 Å². The molecule has 3 aliphatic heterocycles. The van der Waals surface area contributed by atoms with Crippen LogP contribution in [0.1, 0.15) is 19.3 Å². The first-order chi connectivity index (χ1) is 10.6. The lowest BCUT2D eigenvalue weighted by atomic mass is 10.0. The molecular weight excluding hydrogens is 288 g/mol. The van der Waals surface area contributed by atoms with Gasteiger partial charge in [-0.2, -0.15) is 0 Å². The van der Waals surface area contributed by atoms with Crippen LogP contribution in [0.25, 0.3) is 0 Å². The molecule has 3 aliphatic rings. The highest BCUT2D eigenvalue weighted by Gasteiger charge is 2.36. The summed E-state index contributed by atoms with van der Waals surface area (Å²) in [7, 11) is 0. The third kappa shape index (κ3) is 3.22. The van der Waals surface area contributed by atoms with Gasteiger partial charge in [-0.05, 0) is 25.9 Å². The van der Waals surface area contributed by atoms with Gasteiger partial charge in [0, 0.05) is 0 Å². The lowest BCUT2D eigenvalue weighted by molar-refractivity contribution is -0.131. The maximum absolute atomic E-state index is 12.1. The van der Waals surface area contributed by atoms with Gasteiger partial charge in [0.1, 0.15) is 6.54 Å². The van der Waals surface area contributed by atoms with Crippen molar-refractivity contribution >= 4 is 17.8 Å². The maximum atomic E-state index is 12.1. The van der Waals surface area contributed by atoms with Gasteiger partial charge in [-0.1, -0.05) is 6.42 Å². The molecule has 3 fully saturated rings. The summed E-state index contributed by atoms with van der Waals surface area (Å²) < 4.78 is 5.52. The summed E-state index contributed by atoms with van der Waals surface area (Å²) in [5.41, 5.74) is 0. The van der Waals surface area contributed by atoms with Crippen LogP contribution in [0.15, 0.2) is 0 Å². The van der Waals surface area contributed by atoms with Crippen molar-refractivity contribution < 1.29 is 19.1 Å². The number of carbonyl (C=O) groups is 3. The molecular formula is C14H22N4O4. The van der Waals surface area contributed by atoms with E-state index in [1.807, 2.05) is 0 Å². The molecule has 3 heterocycles. The molecule has 0 aromatic rings. The van der Waals surface area contributed by atoms with Crippen LogP contribution in [0, 0.1) is 0 Å². The molecule has 22 heavy (non-hydrogen) atoms.